The first-order chi connectivity index (χ1) is 9.16. The van der Waals surface area contributed by atoms with Crippen molar-refractivity contribution in [3.63, 3.8) is 0 Å². The van der Waals surface area contributed by atoms with Crippen molar-refractivity contribution in [2.24, 2.45) is 5.92 Å². The minimum atomic E-state index is -0.909. The second kappa shape index (κ2) is 7.12. The normalized spacial score (nSPS) is 28.2. The average molecular weight is 288 g/mol. The number of carbonyl (C=O) groups excluding carboxylic acids is 1. The van der Waals surface area contributed by atoms with E-state index in [1.165, 1.54) is 0 Å². The van der Waals surface area contributed by atoms with Gasteiger partial charge in [-0.15, -0.1) is 11.8 Å². The van der Waals surface area contributed by atoms with Crippen LogP contribution >= 0.6 is 11.8 Å². The summed E-state index contributed by atoms with van der Waals surface area (Å²) in [5, 5.41) is 15.6. The fraction of sp³-hybridized carbons (Fsp3) is 0.833. The average Bonchev–Trinajstić information content (AvgIpc) is 2.86. The molecule has 0 aromatic rings. The minimum Gasteiger partial charge on any atom is -0.481 e. The highest BCUT2D eigenvalue weighted by Crippen LogP contribution is 2.20. The summed E-state index contributed by atoms with van der Waals surface area (Å²) >= 11 is 1.66. The molecule has 2 rings (SSSR count). The predicted molar refractivity (Wildman–Crippen MR) is 72.2 cm³/mol. The maximum atomic E-state index is 11.8. The Balaban J connectivity index is 1.70. The van der Waals surface area contributed by atoms with E-state index in [1.807, 2.05) is 0 Å². The van der Waals surface area contributed by atoms with Crippen LogP contribution in [0.25, 0.3) is 0 Å². The number of aliphatic carboxylic acids is 1. The number of nitrogens with one attached hydrogen (secondary N) is 2. The van der Waals surface area contributed by atoms with Crippen LogP contribution in [-0.4, -0.2) is 60.3 Å². The number of amides is 1. The number of carboxylic acid groups (broad SMARTS) is 1. The number of rotatable bonds is 5. The van der Waals surface area contributed by atoms with E-state index in [1.54, 1.807) is 11.8 Å². The number of carboxylic acids is 1. The number of thioether (sulfide) groups is 1. The fourth-order valence-electron chi connectivity index (χ4n) is 2.34. The first-order valence-electron chi connectivity index (χ1n) is 6.59. The summed E-state index contributed by atoms with van der Waals surface area (Å²) < 4.78 is 5.12. The number of piperidine rings is 1. The number of hydrogen-bond donors (Lipinski definition) is 3. The van der Waals surface area contributed by atoms with Crippen molar-refractivity contribution in [2.75, 3.05) is 32.1 Å². The van der Waals surface area contributed by atoms with Crippen LogP contribution in [0.3, 0.4) is 0 Å². The number of ether oxygens (including phenoxy) is 1. The molecule has 2 aliphatic heterocycles. The molecule has 1 amide bonds. The van der Waals surface area contributed by atoms with E-state index < -0.39 is 17.9 Å². The van der Waals surface area contributed by atoms with E-state index in [9.17, 15) is 9.59 Å². The van der Waals surface area contributed by atoms with Crippen LogP contribution < -0.4 is 10.6 Å². The zero-order valence-corrected chi connectivity index (χ0v) is 11.6. The molecule has 0 spiro atoms. The lowest BCUT2D eigenvalue weighted by atomic mass is 10.0. The Hall–Kier alpha value is -0.790. The molecule has 2 fully saturated rings. The molecule has 0 bridgehead atoms. The summed E-state index contributed by atoms with van der Waals surface area (Å²) in [6.07, 6.45) is 2.17. The second-order valence-corrected chi connectivity index (χ2v) is 6.21. The van der Waals surface area contributed by atoms with Crippen LogP contribution in [0, 0.1) is 5.92 Å². The Morgan fingerprint density at radius 3 is 2.74 bits per heavy atom. The molecule has 108 valence electrons. The van der Waals surface area contributed by atoms with Crippen molar-refractivity contribution in [1.29, 1.82) is 0 Å². The largest absolute Gasteiger partial charge is 0.481 e. The molecule has 0 aromatic heterocycles. The Morgan fingerprint density at radius 1 is 1.32 bits per heavy atom. The fourth-order valence-corrected chi connectivity index (χ4v) is 3.38. The van der Waals surface area contributed by atoms with Crippen molar-refractivity contribution in [3.8, 4) is 0 Å². The van der Waals surface area contributed by atoms with E-state index in [0.29, 0.717) is 17.6 Å². The van der Waals surface area contributed by atoms with Gasteiger partial charge in [-0.25, -0.2) is 0 Å². The molecule has 2 atom stereocenters. The Morgan fingerprint density at radius 2 is 2.05 bits per heavy atom. The zero-order valence-electron chi connectivity index (χ0n) is 10.8. The second-order valence-electron chi connectivity index (χ2n) is 4.92. The lowest BCUT2D eigenvalue weighted by molar-refractivity contribution is -0.142. The number of hydrogen-bond acceptors (Lipinski definition) is 5. The van der Waals surface area contributed by atoms with Crippen LogP contribution in [0.4, 0.5) is 0 Å². The first-order valence-corrected chi connectivity index (χ1v) is 7.64. The molecule has 6 nitrogen and oxygen atoms in total. The number of carbonyl (C=O) groups is 2. The summed E-state index contributed by atoms with van der Waals surface area (Å²) in [6, 6.07) is -0.390. The van der Waals surface area contributed by atoms with Crippen LogP contribution in [0.1, 0.15) is 12.8 Å². The van der Waals surface area contributed by atoms with Crippen molar-refractivity contribution < 1.29 is 19.4 Å². The third-order valence-electron chi connectivity index (χ3n) is 3.48. The van der Waals surface area contributed by atoms with Crippen LogP contribution in [0.2, 0.25) is 0 Å². The summed E-state index contributed by atoms with van der Waals surface area (Å²) in [5.74, 6) is -1.22. The monoisotopic (exact) mass is 288 g/mol. The van der Waals surface area contributed by atoms with Gasteiger partial charge in [0.15, 0.2) is 0 Å². The van der Waals surface area contributed by atoms with E-state index in [0.717, 1.165) is 25.9 Å². The maximum Gasteiger partial charge on any atom is 0.311 e. The van der Waals surface area contributed by atoms with Gasteiger partial charge in [0.2, 0.25) is 5.91 Å². The standard InChI is InChI=1S/C12H20N2O4S/c15-11(7-19-8-1-3-13-4-2-8)14-10-6-18-5-9(10)12(16)17/h8-10,13H,1-7H2,(H,14,15)(H,16,17). The van der Waals surface area contributed by atoms with Gasteiger partial charge >= 0.3 is 5.97 Å². The Kier molecular flexibility index (Phi) is 5.47. The Labute approximate surface area is 116 Å². The molecule has 3 N–H and O–H groups in total. The summed E-state index contributed by atoms with van der Waals surface area (Å²) in [4.78, 5) is 22.8. The maximum absolute atomic E-state index is 11.8. The minimum absolute atomic E-state index is 0.0923. The summed E-state index contributed by atoms with van der Waals surface area (Å²) in [7, 11) is 0. The molecular weight excluding hydrogens is 268 g/mol. The molecule has 2 unspecified atom stereocenters. The van der Waals surface area contributed by atoms with Crippen molar-refractivity contribution in [2.45, 2.75) is 24.1 Å². The van der Waals surface area contributed by atoms with Crippen molar-refractivity contribution >= 4 is 23.6 Å². The molecule has 0 radical (unpaired) electrons. The van der Waals surface area contributed by atoms with Crippen LogP contribution in [-0.2, 0) is 14.3 Å². The summed E-state index contributed by atoms with van der Waals surface area (Å²) in [6.45, 7) is 2.50. The van der Waals surface area contributed by atoms with Gasteiger partial charge in [-0.05, 0) is 25.9 Å². The van der Waals surface area contributed by atoms with Gasteiger partial charge in [0.25, 0.3) is 0 Å². The van der Waals surface area contributed by atoms with E-state index in [4.69, 9.17) is 9.84 Å². The van der Waals surface area contributed by atoms with Gasteiger partial charge in [-0.1, -0.05) is 0 Å². The molecule has 0 aromatic carbocycles. The van der Waals surface area contributed by atoms with E-state index in [-0.39, 0.29) is 12.5 Å². The molecule has 0 aliphatic carbocycles. The molecular formula is C12H20N2O4S. The Bertz CT molecular complexity index is 334. The predicted octanol–water partition coefficient (Wildman–Crippen LogP) is -0.313. The van der Waals surface area contributed by atoms with E-state index in [2.05, 4.69) is 10.6 Å². The molecule has 0 saturated carbocycles. The molecule has 2 heterocycles. The van der Waals surface area contributed by atoms with Crippen LogP contribution in [0.15, 0.2) is 0 Å². The quantitative estimate of drug-likeness (QED) is 0.643. The topological polar surface area (TPSA) is 87.7 Å². The third kappa shape index (κ3) is 4.36. The SMILES string of the molecule is O=C(CSC1CCNCC1)NC1COCC1C(=O)O. The van der Waals surface area contributed by atoms with Crippen LogP contribution in [0.5, 0.6) is 0 Å². The smallest absolute Gasteiger partial charge is 0.311 e. The zero-order chi connectivity index (χ0) is 13.7. The van der Waals surface area contributed by atoms with Gasteiger partial charge < -0.3 is 20.5 Å². The van der Waals surface area contributed by atoms with Gasteiger partial charge in [0.1, 0.15) is 5.92 Å². The van der Waals surface area contributed by atoms with Gasteiger partial charge in [0, 0.05) is 5.25 Å². The molecule has 2 saturated heterocycles. The highest BCUT2D eigenvalue weighted by Gasteiger charge is 2.35. The van der Waals surface area contributed by atoms with Gasteiger partial charge in [-0.2, -0.15) is 0 Å². The van der Waals surface area contributed by atoms with E-state index >= 15 is 0 Å². The first kappa shape index (κ1) is 14.6. The lowest BCUT2D eigenvalue weighted by Gasteiger charge is -2.22. The molecule has 19 heavy (non-hydrogen) atoms. The highest BCUT2D eigenvalue weighted by atomic mass is 32.2. The van der Waals surface area contributed by atoms with Crippen molar-refractivity contribution in [1.82, 2.24) is 10.6 Å². The molecule has 7 heteroatoms. The summed E-state index contributed by atoms with van der Waals surface area (Å²) in [5.41, 5.74) is 0. The highest BCUT2D eigenvalue weighted by molar-refractivity contribution is 8.00. The van der Waals surface area contributed by atoms with Crippen molar-refractivity contribution in [3.05, 3.63) is 0 Å². The van der Waals surface area contributed by atoms with Gasteiger partial charge in [0.05, 0.1) is 25.0 Å². The molecule has 2 aliphatic rings. The van der Waals surface area contributed by atoms with Gasteiger partial charge in [-0.3, -0.25) is 9.59 Å². The third-order valence-corrected chi connectivity index (χ3v) is 4.85. The lowest BCUT2D eigenvalue weighted by Crippen LogP contribution is -2.43.